The van der Waals surface area contributed by atoms with Crippen LogP contribution in [0.3, 0.4) is 0 Å². The summed E-state index contributed by atoms with van der Waals surface area (Å²) in [5.41, 5.74) is 0. The Morgan fingerprint density at radius 1 is 1.25 bits per heavy atom. The van der Waals surface area contributed by atoms with Crippen molar-refractivity contribution in [2.75, 3.05) is 4.24 Å². The van der Waals surface area contributed by atoms with Gasteiger partial charge in [-0.05, 0) is 0 Å². The van der Waals surface area contributed by atoms with Gasteiger partial charge in [0.05, 0.1) is 4.24 Å². The van der Waals surface area contributed by atoms with E-state index < -0.39 is 0 Å². The summed E-state index contributed by atoms with van der Waals surface area (Å²) in [6.07, 6.45) is 0. The first-order chi connectivity index (χ1) is 1.41. The average Bonchev–Trinajstić information content (AvgIpc) is 0.918. The molecule has 0 unspecified atom stereocenters. The van der Waals surface area contributed by atoms with Gasteiger partial charge in [-0.15, -0.1) is 17.0 Å². The molecule has 0 aromatic heterocycles. The van der Waals surface area contributed by atoms with Crippen LogP contribution in [-0.4, -0.2) is 4.24 Å². The van der Waals surface area contributed by atoms with E-state index in [-0.39, 0.29) is 17.0 Å². The van der Waals surface area contributed by atoms with Gasteiger partial charge >= 0.3 is 0 Å². The zero-order chi connectivity index (χ0) is 2.71. The molecule has 0 rings (SSSR count). The summed E-state index contributed by atoms with van der Waals surface area (Å²) in [5, 5.41) is 0. The quantitative estimate of drug-likeness (QED) is 0.582. The maximum absolute atomic E-state index is 3.06. The minimum absolute atomic E-state index is 0. The largest absolute Gasteiger partial charge is 0.114 e. The molecule has 0 amide bonds. The number of rotatable bonds is 0. The first kappa shape index (κ1) is 9.06. The number of hydrogen-bond acceptors (Lipinski definition) is 0. The molecule has 28 valence electrons. The zero-order valence-electron chi connectivity index (χ0n) is 1.87. The summed E-state index contributed by atoms with van der Waals surface area (Å²) in [6, 6.07) is 0. The van der Waals surface area contributed by atoms with Crippen molar-refractivity contribution in [3.8, 4) is 0 Å². The highest BCUT2D eigenvalue weighted by atomic mass is 79.9. The number of halogens is 3. The average molecular weight is 255 g/mol. The van der Waals surface area contributed by atoms with Crippen molar-refractivity contribution in [2.24, 2.45) is 0 Å². The predicted octanol–water partition coefficient (Wildman–Crippen LogP) is 2.31. The highest BCUT2D eigenvalue weighted by molar-refractivity contribution is 9.24. The van der Waals surface area contributed by atoms with E-state index in [9.17, 15) is 0 Å². The highest BCUT2D eigenvalue weighted by Gasteiger charge is 1.41. The van der Waals surface area contributed by atoms with E-state index in [2.05, 4.69) is 31.9 Å². The monoisotopic (exact) mass is 252 g/mol. The van der Waals surface area contributed by atoms with E-state index in [4.69, 9.17) is 0 Å². The Kier molecular flexibility index (Phi) is 20.0. The van der Waals surface area contributed by atoms with Crippen LogP contribution in [0.4, 0.5) is 0 Å². The van der Waals surface area contributed by atoms with Crippen molar-refractivity contribution in [3.05, 3.63) is 0 Å². The maximum atomic E-state index is 3.06. The van der Waals surface area contributed by atoms with Crippen LogP contribution in [0.15, 0.2) is 0 Å². The summed E-state index contributed by atoms with van der Waals surface area (Å²) in [7, 11) is 0. The van der Waals surface area contributed by atoms with E-state index in [0.29, 0.717) is 0 Å². The summed E-state index contributed by atoms with van der Waals surface area (Å²) in [6.45, 7) is 0. The van der Waals surface area contributed by atoms with Crippen LogP contribution in [0, 0.1) is 0 Å². The minimum Gasteiger partial charge on any atom is -0.114 e. The van der Waals surface area contributed by atoms with Crippen molar-refractivity contribution in [1.82, 2.24) is 0 Å². The van der Waals surface area contributed by atoms with Crippen LogP contribution >= 0.6 is 48.8 Å². The van der Waals surface area contributed by atoms with E-state index in [1.807, 2.05) is 0 Å². The van der Waals surface area contributed by atoms with E-state index in [1.54, 1.807) is 0 Å². The van der Waals surface area contributed by atoms with Gasteiger partial charge in [-0.2, -0.15) is 0 Å². The molecule has 0 saturated heterocycles. The Balaban J connectivity index is 0. The molecule has 0 aromatic carbocycles. The third-order valence-corrected chi connectivity index (χ3v) is 0. The lowest BCUT2D eigenvalue weighted by Crippen LogP contribution is -1.19. The van der Waals surface area contributed by atoms with Crippen LogP contribution in [0.1, 0.15) is 0 Å². The standard InChI is InChI=1S/CH2Br2.BrH/c2-1-3;/h1H2;1H. The third-order valence-electron chi connectivity index (χ3n) is 0. The summed E-state index contributed by atoms with van der Waals surface area (Å²) < 4.78 is 0.875. The molecule has 0 radical (unpaired) electrons. The lowest BCUT2D eigenvalue weighted by Gasteiger charge is -1.43. The second-order valence-electron chi connectivity index (χ2n) is 0.101. The molecular formula is CH3Br3. The third kappa shape index (κ3) is 9.88. The summed E-state index contributed by atoms with van der Waals surface area (Å²) in [5.74, 6) is 0. The van der Waals surface area contributed by atoms with Gasteiger partial charge in [0.25, 0.3) is 0 Å². The first-order valence-electron chi connectivity index (χ1n) is 0.535. The molecule has 0 aliphatic rings. The summed E-state index contributed by atoms with van der Waals surface area (Å²) in [4.78, 5) is 0. The zero-order valence-corrected chi connectivity index (χ0v) is 6.76. The van der Waals surface area contributed by atoms with Gasteiger partial charge in [0.15, 0.2) is 0 Å². The van der Waals surface area contributed by atoms with Crippen molar-refractivity contribution in [3.63, 3.8) is 0 Å². The van der Waals surface area contributed by atoms with Crippen LogP contribution in [0.25, 0.3) is 0 Å². The Bertz CT molecular complexity index is 3.25. The fraction of sp³-hybridized carbons (Fsp3) is 1.00. The van der Waals surface area contributed by atoms with Gasteiger partial charge in [-0.3, -0.25) is 0 Å². The Hall–Kier alpha value is 1.44. The topological polar surface area (TPSA) is 0 Å². The second kappa shape index (κ2) is 8.83. The Morgan fingerprint density at radius 2 is 1.25 bits per heavy atom. The van der Waals surface area contributed by atoms with Gasteiger partial charge in [-0.25, -0.2) is 0 Å². The number of alkyl halides is 2. The predicted molar refractivity (Wildman–Crippen MR) is 33.0 cm³/mol. The molecule has 0 spiro atoms. The molecule has 0 aliphatic heterocycles. The lowest BCUT2D eigenvalue weighted by molar-refractivity contribution is 2.44. The van der Waals surface area contributed by atoms with Crippen LogP contribution < -0.4 is 0 Å². The van der Waals surface area contributed by atoms with Crippen molar-refractivity contribution < 1.29 is 0 Å². The van der Waals surface area contributed by atoms with E-state index in [1.165, 1.54) is 0 Å². The van der Waals surface area contributed by atoms with Crippen LogP contribution in [-0.2, 0) is 0 Å². The SMILES string of the molecule is Br.BrCBr. The lowest BCUT2D eigenvalue weighted by atomic mass is 12.0. The normalized spacial score (nSPS) is 4.50. The fourth-order valence-corrected chi connectivity index (χ4v) is 0. The Labute approximate surface area is 53.0 Å². The molecule has 3 heteroatoms. The fourth-order valence-electron chi connectivity index (χ4n) is 0. The van der Waals surface area contributed by atoms with Gasteiger partial charge < -0.3 is 0 Å². The molecule has 0 fully saturated rings. The summed E-state index contributed by atoms with van der Waals surface area (Å²) >= 11 is 6.12. The van der Waals surface area contributed by atoms with Gasteiger partial charge in [0.1, 0.15) is 0 Å². The number of hydrogen-bond donors (Lipinski definition) is 0. The van der Waals surface area contributed by atoms with E-state index in [0.717, 1.165) is 4.24 Å². The van der Waals surface area contributed by atoms with Gasteiger partial charge in [0.2, 0.25) is 0 Å². The smallest absolute Gasteiger partial charge is 0.0588 e. The van der Waals surface area contributed by atoms with Crippen LogP contribution in [0.5, 0.6) is 0 Å². The van der Waals surface area contributed by atoms with Crippen molar-refractivity contribution >= 4 is 48.8 Å². The van der Waals surface area contributed by atoms with Gasteiger partial charge in [-0.1, -0.05) is 31.9 Å². The molecule has 0 aromatic rings. The first-order valence-corrected chi connectivity index (χ1v) is 2.78. The molecular weight excluding hydrogens is 252 g/mol. The molecule has 0 aliphatic carbocycles. The molecule has 0 nitrogen and oxygen atoms in total. The molecule has 0 heterocycles. The Morgan fingerprint density at radius 3 is 1.25 bits per heavy atom. The molecule has 0 bridgehead atoms. The second-order valence-corrected chi connectivity index (χ2v) is 2.73. The maximum Gasteiger partial charge on any atom is 0.0588 e. The van der Waals surface area contributed by atoms with Crippen LogP contribution in [0.2, 0.25) is 0 Å². The molecule has 0 atom stereocenters. The minimum atomic E-state index is 0. The molecule has 4 heavy (non-hydrogen) atoms. The van der Waals surface area contributed by atoms with Crippen molar-refractivity contribution in [1.29, 1.82) is 0 Å². The molecule has 0 saturated carbocycles. The molecule has 0 N–H and O–H groups in total. The van der Waals surface area contributed by atoms with Crippen molar-refractivity contribution in [2.45, 2.75) is 0 Å². The van der Waals surface area contributed by atoms with Gasteiger partial charge in [0, 0.05) is 0 Å². The highest BCUT2D eigenvalue weighted by Crippen LogP contribution is 1.83. The van der Waals surface area contributed by atoms with E-state index >= 15 is 0 Å².